The Hall–Kier alpha value is -2.61. The molecule has 0 radical (unpaired) electrons. The molecule has 12 atom stereocenters. The quantitative estimate of drug-likeness (QED) is 0.159. The number of hydrogen-bond donors (Lipinski definition) is 5. The maximum Gasteiger partial charge on any atom is 0.330 e. The summed E-state index contributed by atoms with van der Waals surface area (Å²) in [5.41, 5.74) is -2.52. The van der Waals surface area contributed by atoms with Crippen molar-refractivity contribution in [1.29, 1.82) is 0 Å². The van der Waals surface area contributed by atoms with E-state index in [1.165, 1.54) is 39.2 Å². The van der Waals surface area contributed by atoms with Crippen LogP contribution in [0.15, 0.2) is 56.0 Å². The van der Waals surface area contributed by atoms with Crippen molar-refractivity contribution in [2.75, 3.05) is 17.6 Å². The predicted octanol–water partition coefficient (Wildman–Crippen LogP) is 1.83. The summed E-state index contributed by atoms with van der Waals surface area (Å²) in [6.07, 6.45) is -0.915. The van der Waals surface area contributed by atoms with Crippen molar-refractivity contribution < 1.29 is 52.3 Å². The normalized spacial score (nSPS) is 40.1. The highest BCUT2D eigenvalue weighted by atomic mass is 127. The zero-order valence-corrected chi connectivity index (χ0v) is 35.2. The van der Waals surface area contributed by atoms with Gasteiger partial charge in [0.15, 0.2) is 24.5 Å². The maximum absolute atomic E-state index is 14.6. The van der Waals surface area contributed by atoms with Gasteiger partial charge in [0.2, 0.25) is 17.6 Å². The van der Waals surface area contributed by atoms with Crippen molar-refractivity contribution in [3.05, 3.63) is 78.5 Å². The minimum absolute atomic E-state index is 0.100. The molecular weight excluding hydrogens is 949 g/mol. The highest BCUT2D eigenvalue weighted by molar-refractivity contribution is 14.1. The minimum atomic E-state index is -2.75. The molecule has 0 aromatic carbocycles. The number of aromatic nitrogens is 4. The summed E-state index contributed by atoms with van der Waals surface area (Å²) in [6.45, 7) is 5.58. The first-order chi connectivity index (χ1) is 26.2. The van der Waals surface area contributed by atoms with Gasteiger partial charge in [-0.15, -0.1) is 34.8 Å². The highest BCUT2D eigenvalue weighted by Crippen LogP contribution is 2.54. The van der Waals surface area contributed by atoms with E-state index in [1.54, 1.807) is 13.8 Å². The zero-order chi connectivity index (χ0) is 43.3. The van der Waals surface area contributed by atoms with E-state index >= 15 is 0 Å². The number of amides is 1. The number of nitrogens with zero attached hydrogens (tertiary/aromatic N) is 3. The molecule has 0 spiro atoms. The third-order valence-corrected chi connectivity index (χ3v) is 12.9. The molecule has 0 bridgehead atoms. The Kier molecular flexibility index (Phi) is 13.9. The number of aliphatic hydroxyl groups excluding tert-OH is 3. The smallest absolute Gasteiger partial charge is 0.330 e. The van der Waals surface area contributed by atoms with E-state index in [4.69, 9.17) is 59.2 Å². The lowest BCUT2D eigenvalue weighted by atomic mass is 9.90. The molecule has 2 aromatic heterocycles. The Morgan fingerprint density at radius 3 is 1.53 bits per heavy atom. The van der Waals surface area contributed by atoms with E-state index in [2.05, 4.69) is 4.98 Å². The molecule has 4 aliphatic heterocycles. The van der Waals surface area contributed by atoms with Crippen LogP contribution in [-0.4, -0.2) is 113 Å². The van der Waals surface area contributed by atoms with Crippen molar-refractivity contribution >= 4 is 69.1 Å². The summed E-state index contributed by atoms with van der Waals surface area (Å²) in [7, 11) is 0. The monoisotopic (exact) mass is 987 g/mol. The molecule has 3 fully saturated rings. The number of carbonyl (C=O) groups is 2. The molecule has 6 heterocycles. The topological polar surface area (TPSA) is 235 Å². The van der Waals surface area contributed by atoms with Crippen LogP contribution in [0.3, 0.4) is 0 Å². The number of allylic oxidation sites excluding steroid dienone is 1. The molecule has 24 heteroatoms. The fourth-order valence-corrected chi connectivity index (χ4v) is 8.19. The van der Waals surface area contributed by atoms with Crippen molar-refractivity contribution in [1.82, 2.24) is 24.0 Å². The van der Waals surface area contributed by atoms with E-state index in [1.807, 2.05) is 27.6 Å². The SMILES string of the molecule is C[C@H]1[C@@](C)(Cl)[C@H](n2ccc(=O)[nH]c2=O)O[C@]1(F)CI.C[C@H]1[C@@](C)(Cl)[C@H](n2ccc(=O)[nH]c2=O)O[C@]1(F)CO.C[C@]1(Cl)[C@H](N2C=CC(=O)CC2=O)O[C@](F)(CO)[C@H]1O. The molecular formula is C33H40Cl3F3IN5O12. The lowest BCUT2D eigenvalue weighted by Crippen LogP contribution is -2.51. The Balaban J connectivity index is 0.000000189. The van der Waals surface area contributed by atoms with Gasteiger partial charge in [0.25, 0.3) is 17.0 Å². The van der Waals surface area contributed by atoms with Gasteiger partial charge in [0.05, 0.1) is 20.6 Å². The van der Waals surface area contributed by atoms with Gasteiger partial charge in [-0.25, -0.2) is 22.8 Å². The van der Waals surface area contributed by atoms with Gasteiger partial charge < -0.3 is 29.5 Å². The van der Waals surface area contributed by atoms with Crippen LogP contribution in [0.1, 0.15) is 53.5 Å². The molecule has 6 rings (SSSR count). The van der Waals surface area contributed by atoms with Gasteiger partial charge in [0, 0.05) is 42.6 Å². The first kappa shape index (κ1) is 47.1. The Morgan fingerprint density at radius 1 is 0.754 bits per heavy atom. The predicted molar refractivity (Wildman–Crippen MR) is 205 cm³/mol. The van der Waals surface area contributed by atoms with Gasteiger partial charge in [-0.3, -0.25) is 43.2 Å². The van der Waals surface area contributed by atoms with Gasteiger partial charge >= 0.3 is 11.4 Å². The average Bonchev–Trinajstić information content (AvgIpc) is 3.53. The van der Waals surface area contributed by atoms with Crippen molar-refractivity contribution in [3.63, 3.8) is 0 Å². The molecule has 0 saturated carbocycles. The van der Waals surface area contributed by atoms with Crippen LogP contribution < -0.4 is 22.5 Å². The van der Waals surface area contributed by atoms with E-state index in [-0.39, 0.29) is 16.6 Å². The van der Waals surface area contributed by atoms with Gasteiger partial charge in [0.1, 0.15) is 24.2 Å². The van der Waals surface area contributed by atoms with E-state index in [9.17, 15) is 47.0 Å². The number of aliphatic hydroxyl groups is 3. The number of ether oxygens (including phenoxy) is 3. The number of aromatic amines is 2. The third kappa shape index (κ3) is 8.83. The first-order valence-corrected chi connectivity index (χ1v) is 19.6. The Bertz CT molecular complexity index is 2010. The summed E-state index contributed by atoms with van der Waals surface area (Å²) in [6, 6.07) is 2.28. The van der Waals surface area contributed by atoms with Gasteiger partial charge in [-0.05, 0) is 26.8 Å². The number of alkyl halides is 7. The van der Waals surface area contributed by atoms with Gasteiger partial charge in [-0.1, -0.05) is 36.4 Å². The van der Waals surface area contributed by atoms with Crippen LogP contribution in [0.2, 0.25) is 0 Å². The molecule has 2 aromatic rings. The number of carbonyl (C=O) groups excluding carboxylic acids is 2. The Labute approximate surface area is 349 Å². The fourth-order valence-electron chi connectivity index (χ4n) is 6.41. The highest BCUT2D eigenvalue weighted by Gasteiger charge is 2.64. The van der Waals surface area contributed by atoms with Crippen LogP contribution in [0.4, 0.5) is 13.2 Å². The molecule has 0 unspecified atom stereocenters. The second-order valence-corrected chi connectivity index (χ2v) is 17.5. The summed E-state index contributed by atoms with van der Waals surface area (Å²) < 4.78 is 60.6. The molecule has 0 aliphatic carbocycles. The molecule has 4 aliphatic rings. The standard InChI is InChI=1S/C11H13ClFIN2O3.C11H14ClFN2O4.C11H13ClFNO5/c1-6-10(2,12)8(19-11(6,13)5-14)16-4-3-7(17)15-9(16)18;1-6-10(2,12)8(19-11(6,13)5-16)15-4-3-7(17)14-9(15)18;1-10(12)8(18)11(13,5-15)19-9(10)14-3-2-6(16)4-7(14)17/h3-4,6,8H,5H2,1-2H3,(H,15,17,18);3-4,6,8,16H,5H2,1-2H3,(H,14,17,18);2-3,8-9,15,18H,4-5H2,1H3/t2*6-,8+,10+,11+;8-,9+,10+,11+/m000/s1. The number of halogens is 7. The molecule has 57 heavy (non-hydrogen) atoms. The van der Waals surface area contributed by atoms with Crippen molar-refractivity contribution in [2.24, 2.45) is 11.8 Å². The van der Waals surface area contributed by atoms with Crippen LogP contribution in [0.5, 0.6) is 0 Å². The van der Waals surface area contributed by atoms with E-state index < -0.39 is 110 Å². The summed E-state index contributed by atoms with van der Waals surface area (Å²) in [4.78, 5) is 69.4. The molecule has 318 valence electrons. The lowest BCUT2D eigenvalue weighted by molar-refractivity contribution is -0.212. The third-order valence-electron chi connectivity index (χ3n) is 10.4. The fraction of sp³-hybridized carbons (Fsp3) is 0.636. The summed E-state index contributed by atoms with van der Waals surface area (Å²) >= 11 is 20.6. The summed E-state index contributed by atoms with van der Waals surface area (Å²) in [5.74, 6) is -9.45. The molecule has 1 amide bonds. The Morgan fingerprint density at radius 2 is 1.18 bits per heavy atom. The second kappa shape index (κ2) is 16.8. The van der Waals surface area contributed by atoms with Gasteiger partial charge in [-0.2, -0.15) is 0 Å². The second-order valence-electron chi connectivity index (χ2n) is 14.3. The number of H-pyrrole nitrogens is 2. The minimum Gasteiger partial charge on any atom is -0.390 e. The van der Waals surface area contributed by atoms with Crippen molar-refractivity contribution in [2.45, 2.75) is 98.0 Å². The number of rotatable bonds is 6. The zero-order valence-electron chi connectivity index (χ0n) is 30.8. The van der Waals surface area contributed by atoms with Crippen LogP contribution in [0.25, 0.3) is 0 Å². The van der Waals surface area contributed by atoms with Crippen LogP contribution >= 0.6 is 57.4 Å². The maximum atomic E-state index is 14.6. The molecule has 3 saturated heterocycles. The van der Waals surface area contributed by atoms with Crippen molar-refractivity contribution in [3.8, 4) is 0 Å². The van der Waals surface area contributed by atoms with Crippen LogP contribution in [-0.2, 0) is 23.8 Å². The average molecular weight is 989 g/mol. The number of nitrogens with one attached hydrogen (secondary N) is 2. The largest absolute Gasteiger partial charge is 0.390 e. The summed E-state index contributed by atoms with van der Waals surface area (Å²) in [5, 5.41) is 27.9. The molecule has 5 N–H and O–H groups in total. The molecule has 17 nitrogen and oxygen atoms in total. The van der Waals surface area contributed by atoms with E-state index in [0.29, 0.717) is 0 Å². The van der Waals surface area contributed by atoms with Crippen LogP contribution in [0, 0.1) is 11.8 Å². The van der Waals surface area contributed by atoms with E-state index in [0.717, 1.165) is 32.4 Å². The number of ketones is 1. The number of hydrogen-bond acceptors (Lipinski definition) is 12. The first-order valence-electron chi connectivity index (χ1n) is 16.9. The lowest BCUT2D eigenvalue weighted by Gasteiger charge is -2.33.